The van der Waals surface area contributed by atoms with Crippen LogP contribution in [0.1, 0.15) is 18.9 Å². The van der Waals surface area contributed by atoms with E-state index >= 15 is 0 Å². The summed E-state index contributed by atoms with van der Waals surface area (Å²) in [5.74, 6) is 0.701. The van der Waals surface area contributed by atoms with E-state index in [1.807, 2.05) is 17.9 Å². The van der Waals surface area contributed by atoms with E-state index in [4.69, 9.17) is 5.26 Å². The molecule has 1 aliphatic heterocycles. The number of fused-ring (bicyclic) bond motifs is 1. The van der Waals surface area contributed by atoms with Gasteiger partial charge in [0.1, 0.15) is 23.6 Å². The van der Waals surface area contributed by atoms with Gasteiger partial charge in [-0.25, -0.2) is 13.9 Å². The van der Waals surface area contributed by atoms with E-state index in [1.165, 1.54) is 6.20 Å². The molecule has 1 fully saturated rings. The number of alkyl halides is 1. The van der Waals surface area contributed by atoms with E-state index in [-0.39, 0.29) is 6.04 Å². The highest BCUT2D eigenvalue weighted by atomic mass is 19.1. The van der Waals surface area contributed by atoms with E-state index in [2.05, 4.69) is 10.1 Å². The van der Waals surface area contributed by atoms with Crippen LogP contribution in [-0.2, 0) is 0 Å². The lowest BCUT2D eigenvalue weighted by molar-refractivity contribution is 0.358. The topological polar surface area (TPSA) is 57.2 Å². The van der Waals surface area contributed by atoms with Crippen molar-refractivity contribution in [3.05, 3.63) is 24.0 Å². The van der Waals surface area contributed by atoms with Gasteiger partial charge in [-0.05, 0) is 13.0 Å². The zero-order chi connectivity index (χ0) is 12.7. The van der Waals surface area contributed by atoms with Gasteiger partial charge in [-0.2, -0.15) is 10.4 Å². The zero-order valence-electron chi connectivity index (χ0n) is 9.91. The van der Waals surface area contributed by atoms with Crippen LogP contribution in [-0.4, -0.2) is 33.4 Å². The maximum Gasteiger partial charge on any atom is 0.175 e. The predicted molar refractivity (Wildman–Crippen MR) is 64.0 cm³/mol. The summed E-state index contributed by atoms with van der Waals surface area (Å²) in [5.41, 5.74) is 0.949. The van der Waals surface area contributed by atoms with Gasteiger partial charge in [-0.3, -0.25) is 0 Å². The van der Waals surface area contributed by atoms with Crippen LogP contribution in [0.15, 0.2) is 18.5 Å². The van der Waals surface area contributed by atoms with Gasteiger partial charge < -0.3 is 4.90 Å². The van der Waals surface area contributed by atoms with E-state index in [0.717, 1.165) is 0 Å². The molecule has 2 atom stereocenters. The Balaban J connectivity index is 2.05. The van der Waals surface area contributed by atoms with Crippen LogP contribution in [0.3, 0.4) is 0 Å². The quantitative estimate of drug-likeness (QED) is 0.764. The lowest BCUT2D eigenvalue weighted by Crippen LogP contribution is -2.27. The van der Waals surface area contributed by atoms with Gasteiger partial charge in [0.05, 0.1) is 12.7 Å². The number of aromatic nitrogens is 3. The first-order valence-electron chi connectivity index (χ1n) is 5.84. The molecule has 2 aromatic rings. The summed E-state index contributed by atoms with van der Waals surface area (Å²) in [6.07, 6.45) is 2.95. The molecule has 0 unspecified atom stereocenters. The molecule has 18 heavy (non-hydrogen) atoms. The molecule has 6 heteroatoms. The lowest BCUT2D eigenvalue weighted by atomic mass is 10.2. The second-order valence-corrected chi connectivity index (χ2v) is 4.56. The van der Waals surface area contributed by atoms with Gasteiger partial charge in [0, 0.05) is 18.7 Å². The average molecular weight is 245 g/mol. The number of hydrogen-bond donors (Lipinski definition) is 0. The Bertz CT molecular complexity index is 629. The predicted octanol–water partition coefficient (Wildman–Crippen LogP) is 1.54. The van der Waals surface area contributed by atoms with Gasteiger partial charge in [0.15, 0.2) is 5.65 Å². The molecule has 0 bridgehead atoms. The van der Waals surface area contributed by atoms with Crippen molar-refractivity contribution >= 4 is 11.5 Å². The maximum absolute atomic E-state index is 13.4. The molecule has 0 aliphatic carbocycles. The Labute approximate surface area is 103 Å². The molecular weight excluding hydrogens is 233 g/mol. The number of nitrogens with zero attached hydrogens (tertiary/aromatic N) is 5. The van der Waals surface area contributed by atoms with Gasteiger partial charge in [-0.1, -0.05) is 0 Å². The SMILES string of the molecule is C[C@H]1C[C@H](F)CN1c1ccn2ncc(C#N)c2n1. The molecule has 0 spiro atoms. The summed E-state index contributed by atoms with van der Waals surface area (Å²) >= 11 is 0. The number of rotatable bonds is 1. The smallest absolute Gasteiger partial charge is 0.175 e. The van der Waals surface area contributed by atoms with Gasteiger partial charge in [-0.15, -0.1) is 0 Å². The summed E-state index contributed by atoms with van der Waals surface area (Å²) in [7, 11) is 0. The highest BCUT2D eigenvalue weighted by molar-refractivity contribution is 5.58. The second-order valence-electron chi connectivity index (χ2n) is 4.56. The molecule has 92 valence electrons. The van der Waals surface area contributed by atoms with Crippen molar-refractivity contribution in [1.29, 1.82) is 5.26 Å². The fourth-order valence-electron chi connectivity index (χ4n) is 2.38. The van der Waals surface area contributed by atoms with Crippen LogP contribution in [0.2, 0.25) is 0 Å². The highest BCUT2D eigenvalue weighted by Crippen LogP contribution is 2.26. The first-order chi connectivity index (χ1) is 8.69. The Hall–Kier alpha value is -2.16. The number of nitriles is 1. The molecule has 1 saturated heterocycles. The minimum atomic E-state index is -0.807. The molecule has 0 aromatic carbocycles. The average Bonchev–Trinajstić information content (AvgIpc) is 2.91. The van der Waals surface area contributed by atoms with Crippen molar-refractivity contribution < 1.29 is 4.39 Å². The first-order valence-corrected chi connectivity index (χ1v) is 5.84. The Morgan fingerprint density at radius 1 is 1.56 bits per heavy atom. The molecule has 0 saturated carbocycles. The molecule has 0 radical (unpaired) electrons. The summed E-state index contributed by atoms with van der Waals surface area (Å²) in [4.78, 5) is 6.34. The second kappa shape index (κ2) is 3.95. The summed E-state index contributed by atoms with van der Waals surface area (Å²) < 4.78 is 14.9. The molecule has 0 amide bonds. The van der Waals surface area contributed by atoms with E-state index in [0.29, 0.717) is 30.0 Å². The van der Waals surface area contributed by atoms with E-state index < -0.39 is 6.17 Å². The molecule has 5 nitrogen and oxygen atoms in total. The molecule has 0 N–H and O–H groups in total. The minimum Gasteiger partial charge on any atom is -0.351 e. The van der Waals surface area contributed by atoms with Crippen molar-refractivity contribution in [2.75, 3.05) is 11.4 Å². The normalized spacial score (nSPS) is 23.5. The highest BCUT2D eigenvalue weighted by Gasteiger charge is 2.29. The van der Waals surface area contributed by atoms with Gasteiger partial charge in [0.25, 0.3) is 0 Å². The molecule has 3 heterocycles. The Morgan fingerprint density at radius 2 is 2.39 bits per heavy atom. The van der Waals surface area contributed by atoms with Crippen molar-refractivity contribution in [3.63, 3.8) is 0 Å². The van der Waals surface area contributed by atoms with E-state index in [9.17, 15) is 4.39 Å². The van der Waals surface area contributed by atoms with Crippen LogP contribution in [0.5, 0.6) is 0 Å². The molecule has 2 aromatic heterocycles. The van der Waals surface area contributed by atoms with Crippen LogP contribution >= 0.6 is 0 Å². The van der Waals surface area contributed by atoms with Crippen molar-refractivity contribution in [2.24, 2.45) is 0 Å². The largest absolute Gasteiger partial charge is 0.351 e. The van der Waals surface area contributed by atoms with Crippen LogP contribution in [0, 0.1) is 11.3 Å². The third-order valence-corrected chi connectivity index (χ3v) is 3.29. The van der Waals surface area contributed by atoms with Crippen LogP contribution in [0.25, 0.3) is 5.65 Å². The first kappa shape index (κ1) is 11.0. The third kappa shape index (κ3) is 1.59. The Kier molecular flexibility index (Phi) is 2.40. The van der Waals surface area contributed by atoms with Crippen LogP contribution < -0.4 is 4.90 Å². The van der Waals surface area contributed by atoms with Crippen molar-refractivity contribution in [3.8, 4) is 6.07 Å². The Morgan fingerprint density at radius 3 is 3.06 bits per heavy atom. The monoisotopic (exact) mass is 245 g/mol. The number of hydrogen-bond acceptors (Lipinski definition) is 4. The zero-order valence-corrected chi connectivity index (χ0v) is 9.91. The standard InChI is InChI=1S/C12H12FN5/c1-8-4-10(13)7-17(8)11-2-3-18-12(16-11)9(5-14)6-15-18/h2-3,6,8,10H,4,7H2,1H3/t8-,10-/m0/s1. The van der Waals surface area contributed by atoms with Crippen LogP contribution in [0.4, 0.5) is 10.2 Å². The molecular formula is C12H12FN5. The lowest BCUT2D eigenvalue weighted by Gasteiger charge is -2.21. The molecule has 1 aliphatic rings. The van der Waals surface area contributed by atoms with Gasteiger partial charge in [0.2, 0.25) is 0 Å². The number of halogens is 1. The summed E-state index contributed by atoms with van der Waals surface area (Å²) in [6.45, 7) is 2.34. The maximum atomic E-state index is 13.4. The fourth-order valence-corrected chi connectivity index (χ4v) is 2.38. The summed E-state index contributed by atoms with van der Waals surface area (Å²) in [6, 6.07) is 3.98. The van der Waals surface area contributed by atoms with Crippen molar-refractivity contribution in [1.82, 2.24) is 14.6 Å². The fraction of sp³-hybridized carbons (Fsp3) is 0.417. The van der Waals surface area contributed by atoms with Crippen molar-refractivity contribution in [2.45, 2.75) is 25.6 Å². The number of anilines is 1. The molecule has 3 rings (SSSR count). The third-order valence-electron chi connectivity index (χ3n) is 3.29. The summed E-state index contributed by atoms with van der Waals surface area (Å²) in [5, 5.41) is 13.0. The van der Waals surface area contributed by atoms with Gasteiger partial charge >= 0.3 is 0 Å². The van der Waals surface area contributed by atoms with E-state index in [1.54, 1.807) is 16.8 Å². The minimum absolute atomic E-state index is 0.128.